The van der Waals surface area contributed by atoms with Crippen LogP contribution >= 0.6 is 11.6 Å². The maximum atomic E-state index is 12.0. The molecule has 1 heterocycles. The lowest BCUT2D eigenvalue weighted by atomic mass is 10.2. The number of nitrogens with two attached hydrogens (primary N) is 1. The second kappa shape index (κ2) is 4.29. The molecular weight excluding hydrogens is 226 g/mol. The van der Waals surface area contributed by atoms with Crippen molar-refractivity contribution < 1.29 is 4.79 Å². The zero-order chi connectivity index (χ0) is 11.7. The third-order valence-corrected chi connectivity index (χ3v) is 2.83. The fourth-order valence-corrected chi connectivity index (χ4v) is 1.85. The van der Waals surface area contributed by atoms with Crippen LogP contribution in [0.5, 0.6) is 0 Å². The molecule has 86 valence electrons. The number of nitrogens with zero attached hydrogens (tertiary/aromatic N) is 2. The summed E-state index contributed by atoms with van der Waals surface area (Å²) in [5, 5.41) is 0.253. The largest absolute Gasteiger partial charge is 0.384 e. The molecule has 1 saturated carbocycles. The smallest absolute Gasteiger partial charge is 0.253 e. The molecule has 0 radical (unpaired) electrons. The average Bonchev–Trinajstić information content (AvgIpc) is 2.99. The first-order valence-electron chi connectivity index (χ1n) is 5.25. The van der Waals surface area contributed by atoms with Crippen LogP contribution in [0.1, 0.15) is 23.2 Å². The number of carbonyl (C=O) groups is 1. The molecule has 0 unspecified atom stereocenters. The molecule has 1 fully saturated rings. The Morgan fingerprint density at radius 1 is 1.62 bits per heavy atom. The summed E-state index contributed by atoms with van der Waals surface area (Å²) in [7, 11) is 1.80. The van der Waals surface area contributed by atoms with E-state index in [9.17, 15) is 4.79 Å². The van der Waals surface area contributed by atoms with Gasteiger partial charge in [-0.05, 0) is 30.9 Å². The van der Waals surface area contributed by atoms with Crippen molar-refractivity contribution >= 4 is 23.3 Å². The Hall–Kier alpha value is -1.29. The van der Waals surface area contributed by atoms with Crippen molar-refractivity contribution in [3.05, 3.63) is 22.8 Å². The number of pyridine rings is 1. The highest BCUT2D eigenvalue weighted by Gasteiger charge is 2.25. The normalized spacial score (nSPS) is 14.9. The van der Waals surface area contributed by atoms with Gasteiger partial charge in [-0.25, -0.2) is 4.98 Å². The summed E-state index contributed by atoms with van der Waals surface area (Å²) >= 11 is 5.76. The number of rotatable bonds is 3. The Balaban J connectivity index is 2.12. The molecule has 2 rings (SSSR count). The summed E-state index contributed by atoms with van der Waals surface area (Å²) in [5.41, 5.74) is 6.05. The van der Waals surface area contributed by atoms with Gasteiger partial charge in [0.1, 0.15) is 11.0 Å². The zero-order valence-corrected chi connectivity index (χ0v) is 9.87. The van der Waals surface area contributed by atoms with Gasteiger partial charge in [0.05, 0.1) is 0 Å². The molecule has 4 nitrogen and oxygen atoms in total. The number of hydrogen-bond donors (Lipinski definition) is 1. The van der Waals surface area contributed by atoms with Gasteiger partial charge < -0.3 is 10.6 Å². The molecule has 1 amide bonds. The quantitative estimate of drug-likeness (QED) is 0.819. The second-order valence-electron chi connectivity index (χ2n) is 4.23. The highest BCUT2D eigenvalue weighted by Crippen LogP contribution is 2.29. The average molecular weight is 240 g/mol. The summed E-state index contributed by atoms with van der Waals surface area (Å²) in [6.45, 7) is 0.804. The molecule has 0 aliphatic heterocycles. The molecule has 0 saturated heterocycles. The van der Waals surface area contributed by atoms with Crippen molar-refractivity contribution in [3.63, 3.8) is 0 Å². The van der Waals surface area contributed by atoms with Crippen molar-refractivity contribution in [1.82, 2.24) is 9.88 Å². The number of carbonyl (C=O) groups excluding carboxylic acids is 1. The van der Waals surface area contributed by atoms with Crippen LogP contribution in [-0.4, -0.2) is 29.4 Å². The highest BCUT2D eigenvalue weighted by atomic mass is 35.5. The van der Waals surface area contributed by atoms with Crippen molar-refractivity contribution in [2.45, 2.75) is 12.8 Å². The number of hydrogen-bond acceptors (Lipinski definition) is 3. The maximum Gasteiger partial charge on any atom is 0.253 e. The Morgan fingerprint density at radius 3 is 2.88 bits per heavy atom. The summed E-state index contributed by atoms with van der Waals surface area (Å²) in [4.78, 5) is 17.5. The molecule has 0 bridgehead atoms. The predicted octanol–water partition coefficient (Wildman–Crippen LogP) is 1.80. The second-order valence-corrected chi connectivity index (χ2v) is 4.62. The van der Waals surface area contributed by atoms with Gasteiger partial charge in [-0.2, -0.15) is 0 Å². The third-order valence-electron chi connectivity index (χ3n) is 2.64. The molecule has 1 aliphatic rings. The summed E-state index contributed by atoms with van der Waals surface area (Å²) < 4.78 is 0. The number of nitrogen functional groups attached to an aromatic ring is 1. The third kappa shape index (κ3) is 2.64. The van der Waals surface area contributed by atoms with Crippen LogP contribution in [0.4, 0.5) is 5.82 Å². The lowest BCUT2D eigenvalue weighted by Crippen LogP contribution is -2.28. The van der Waals surface area contributed by atoms with E-state index in [-0.39, 0.29) is 16.9 Å². The Morgan fingerprint density at radius 2 is 2.31 bits per heavy atom. The first kappa shape index (κ1) is 11.2. The highest BCUT2D eigenvalue weighted by molar-refractivity contribution is 6.29. The van der Waals surface area contributed by atoms with E-state index in [1.807, 2.05) is 0 Å². The van der Waals surface area contributed by atoms with Gasteiger partial charge in [0.25, 0.3) is 5.91 Å². The minimum Gasteiger partial charge on any atom is -0.384 e. The molecule has 0 atom stereocenters. The molecule has 16 heavy (non-hydrogen) atoms. The van der Waals surface area contributed by atoms with Gasteiger partial charge in [-0.3, -0.25) is 4.79 Å². The fourth-order valence-electron chi connectivity index (χ4n) is 1.63. The van der Waals surface area contributed by atoms with E-state index >= 15 is 0 Å². The van der Waals surface area contributed by atoms with E-state index in [1.54, 1.807) is 24.1 Å². The van der Waals surface area contributed by atoms with Gasteiger partial charge in [0.2, 0.25) is 0 Å². The van der Waals surface area contributed by atoms with Gasteiger partial charge in [0.15, 0.2) is 0 Å². The van der Waals surface area contributed by atoms with Gasteiger partial charge in [-0.1, -0.05) is 11.6 Å². The summed E-state index contributed by atoms with van der Waals surface area (Å²) in [6.07, 6.45) is 2.44. The monoisotopic (exact) mass is 239 g/mol. The summed E-state index contributed by atoms with van der Waals surface area (Å²) in [5.74, 6) is 0.891. The van der Waals surface area contributed by atoms with Crippen LogP contribution in [-0.2, 0) is 0 Å². The van der Waals surface area contributed by atoms with E-state index in [0.717, 1.165) is 6.54 Å². The Labute approximate surface area is 99.4 Å². The first-order chi connectivity index (χ1) is 7.56. The fraction of sp³-hybridized carbons (Fsp3) is 0.455. The topological polar surface area (TPSA) is 59.2 Å². The van der Waals surface area contributed by atoms with E-state index < -0.39 is 0 Å². The van der Waals surface area contributed by atoms with Crippen molar-refractivity contribution in [2.75, 3.05) is 19.3 Å². The molecule has 2 N–H and O–H groups in total. The van der Waals surface area contributed by atoms with Crippen LogP contribution in [0.15, 0.2) is 12.1 Å². The molecule has 1 aromatic rings. The summed E-state index contributed by atoms with van der Waals surface area (Å²) in [6, 6.07) is 3.10. The van der Waals surface area contributed by atoms with E-state index in [2.05, 4.69) is 4.98 Å². The molecule has 5 heteroatoms. The lowest BCUT2D eigenvalue weighted by molar-refractivity contribution is 0.0788. The predicted molar refractivity (Wildman–Crippen MR) is 63.3 cm³/mol. The van der Waals surface area contributed by atoms with Crippen molar-refractivity contribution in [3.8, 4) is 0 Å². The van der Waals surface area contributed by atoms with E-state index in [1.165, 1.54) is 12.8 Å². The van der Waals surface area contributed by atoms with E-state index in [4.69, 9.17) is 17.3 Å². The zero-order valence-electron chi connectivity index (χ0n) is 9.11. The lowest BCUT2D eigenvalue weighted by Gasteiger charge is -2.16. The number of halogens is 1. The number of anilines is 1. The molecule has 1 aliphatic carbocycles. The first-order valence-corrected chi connectivity index (χ1v) is 5.62. The molecule has 1 aromatic heterocycles. The molecule has 0 aromatic carbocycles. The van der Waals surface area contributed by atoms with Crippen LogP contribution in [0.25, 0.3) is 0 Å². The van der Waals surface area contributed by atoms with Crippen molar-refractivity contribution in [2.24, 2.45) is 5.92 Å². The van der Waals surface area contributed by atoms with Gasteiger partial charge >= 0.3 is 0 Å². The van der Waals surface area contributed by atoms with Crippen LogP contribution in [0.2, 0.25) is 5.15 Å². The number of aromatic nitrogens is 1. The Kier molecular flexibility index (Phi) is 3.01. The molecular formula is C11H14ClN3O. The van der Waals surface area contributed by atoms with Crippen LogP contribution in [0.3, 0.4) is 0 Å². The standard InChI is InChI=1S/C11H14ClN3O/c1-15(6-7-2-3-7)11(16)8-4-9(12)14-10(13)5-8/h4-5,7H,2-3,6H2,1H3,(H2,13,14). The van der Waals surface area contributed by atoms with Gasteiger partial charge in [0, 0.05) is 19.2 Å². The minimum atomic E-state index is -0.0529. The SMILES string of the molecule is CN(CC1CC1)C(=O)c1cc(N)nc(Cl)c1. The Bertz CT molecular complexity index is 397. The maximum absolute atomic E-state index is 12.0. The van der Waals surface area contributed by atoms with E-state index in [0.29, 0.717) is 11.5 Å². The van der Waals surface area contributed by atoms with Crippen molar-refractivity contribution in [1.29, 1.82) is 0 Å². The molecule has 0 spiro atoms. The number of amides is 1. The van der Waals surface area contributed by atoms with Crippen LogP contribution in [0, 0.1) is 5.92 Å². The van der Waals surface area contributed by atoms with Gasteiger partial charge in [-0.15, -0.1) is 0 Å². The minimum absolute atomic E-state index is 0.0529. The van der Waals surface area contributed by atoms with Crippen LogP contribution < -0.4 is 5.73 Å².